The van der Waals surface area contributed by atoms with Crippen LogP contribution in [0.5, 0.6) is 11.5 Å². The molecule has 0 saturated carbocycles. The predicted octanol–water partition coefficient (Wildman–Crippen LogP) is 9.98. The molecule has 0 spiro atoms. The van der Waals surface area contributed by atoms with E-state index in [0.717, 1.165) is 41.1 Å². The van der Waals surface area contributed by atoms with Gasteiger partial charge < -0.3 is 9.15 Å². The molecule has 2 aromatic heterocycles. The Hall–Kier alpha value is -3.85. The van der Waals surface area contributed by atoms with Crippen molar-refractivity contribution in [3.05, 3.63) is 77.5 Å². The Labute approximate surface area is 236 Å². The highest BCUT2D eigenvalue weighted by Gasteiger charge is 2.36. The van der Waals surface area contributed by atoms with Crippen LogP contribution >= 0.6 is 0 Å². The molecule has 0 N–H and O–H groups in total. The molecular formula is C37H38NO2+. The number of ether oxygens (including phenoxy) is 1. The maximum absolute atomic E-state index is 7.01. The first kappa shape index (κ1) is 25.1. The summed E-state index contributed by atoms with van der Waals surface area (Å²) < 4.78 is 15.9. The van der Waals surface area contributed by atoms with Crippen LogP contribution in [0.3, 0.4) is 0 Å². The average molecular weight is 529 g/mol. The molecule has 1 aliphatic heterocycles. The number of hydrogen-bond acceptors (Lipinski definition) is 2. The molecule has 7 rings (SSSR count). The number of aromatic nitrogens is 1. The molecule has 0 amide bonds. The molecule has 0 fully saturated rings. The lowest BCUT2D eigenvalue weighted by atomic mass is 9.83. The SMILES string of the molecule is Cc1c2c(c(CC(C)(C)C)c3oc4ccccc4c13)Oc1cc3ccc(CC(C)(C)C)cc3c3cc[n+](C)c-2c13. The number of benzene rings is 4. The molecule has 3 heterocycles. The second kappa shape index (κ2) is 8.33. The first-order valence-corrected chi connectivity index (χ1v) is 14.4. The molecule has 0 radical (unpaired) electrons. The third kappa shape index (κ3) is 3.82. The van der Waals surface area contributed by atoms with E-state index in [4.69, 9.17) is 9.15 Å². The molecule has 4 aromatic carbocycles. The molecule has 0 bridgehead atoms. The van der Waals surface area contributed by atoms with E-state index in [1.54, 1.807) is 0 Å². The quantitative estimate of drug-likeness (QED) is 0.165. The number of aryl methyl sites for hydroxylation is 2. The Morgan fingerprint density at radius 1 is 0.775 bits per heavy atom. The first-order valence-electron chi connectivity index (χ1n) is 14.4. The summed E-state index contributed by atoms with van der Waals surface area (Å²) in [7, 11) is 2.16. The van der Waals surface area contributed by atoms with Crippen molar-refractivity contribution >= 4 is 43.5 Å². The fourth-order valence-electron chi connectivity index (χ4n) is 6.78. The van der Waals surface area contributed by atoms with Crippen molar-refractivity contribution in [3.63, 3.8) is 0 Å². The van der Waals surface area contributed by atoms with Crippen LogP contribution in [0, 0.1) is 17.8 Å². The van der Waals surface area contributed by atoms with Gasteiger partial charge in [-0.05, 0) is 64.6 Å². The molecule has 202 valence electrons. The van der Waals surface area contributed by atoms with Crippen molar-refractivity contribution in [2.24, 2.45) is 17.9 Å². The maximum Gasteiger partial charge on any atom is 0.228 e. The van der Waals surface area contributed by atoms with Crippen molar-refractivity contribution in [2.75, 3.05) is 0 Å². The number of para-hydroxylation sites is 1. The molecule has 40 heavy (non-hydrogen) atoms. The number of furan rings is 1. The van der Waals surface area contributed by atoms with Gasteiger partial charge in [-0.1, -0.05) is 77.9 Å². The Kier molecular flexibility index (Phi) is 5.24. The fraction of sp³-hybridized carbons (Fsp3) is 0.324. The van der Waals surface area contributed by atoms with E-state index in [-0.39, 0.29) is 10.8 Å². The van der Waals surface area contributed by atoms with E-state index in [0.29, 0.717) is 0 Å². The van der Waals surface area contributed by atoms with Crippen LogP contribution in [-0.2, 0) is 19.9 Å². The van der Waals surface area contributed by atoms with Crippen LogP contribution < -0.4 is 9.30 Å². The van der Waals surface area contributed by atoms with E-state index in [1.807, 2.05) is 0 Å². The zero-order chi connectivity index (χ0) is 28.1. The zero-order valence-electron chi connectivity index (χ0n) is 25.0. The summed E-state index contributed by atoms with van der Waals surface area (Å²) in [5, 5.41) is 7.30. The van der Waals surface area contributed by atoms with Crippen molar-refractivity contribution in [2.45, 2.75) is 61.3 Å². The highest BCUT2D eigenvalue weighted by molar-refractivity contribution is 6.18. The number of fused-ring (bicyclic) bond motifs is 7. The van der Waals surface area contributed by atoms with Gasteiger partial charge in [0.2, 0.25) is 5.69 Å². The highest BCUT2D eigenvalue weighted by atomic mass is 16.5. The van der Waals surface area contributed by atoms with Crippen LogP contribution in [0.2, 0.25) is 0 Å². The van der Waals surface area contributed by atoms with Gasteiger partial charge in [-0.25, -0.2) is 4.57 Å². The highest BCUT2D eigenvalue weighted by Crippen LogP contribution is 2.54. The Morgan fingerprint density at radius 3 is 2.27 bits per heavy atom. The molecule has 6 aromatic rings. The molecule has 3 nitrogen and oxygen atoms in total. The van der Waals surface area contributed by atoms with Gasteiger partial charge in [0.1, 0.15) is 29.7 Å². The van der Waals surface area contributed by atoms with Crippen molar-refractivity contribution in [1.82, 2.24) is 0 Å². The van der Waals surface area contributed by atoms with Crippen LogP contribution in [0.4, 0.5) is 0 Å². The molecule has 3 heteroatoms. The summed E-state index contributed by atoms with van der Waals surface area (Å²) >= 11 is 0. The Bertz CT molecular complexity index is 2010. The standard InChI is InChI=1S/C37H38NO2/c1-21-30-25-11-9-10-12-28(25)39-34(30)27(20-37(5,6)7)35-31(21)33-32-24(15-16-38(33)8)26-17-22(19-36(2,3)4)13-14-23(26)18-29(32)40-35/h9-18H,19-20H2,1-8H3/q+1. The Morgan fingerprint density at radius 2 is 1.52 bits per heavy atom. The number of nitrogens with zero attached hydrogens (tertiary/aromatic N) is 1. The molecule has 0 unspecified atom stereocenters. The van der Waals surface area contributed by atoms with Gasteiger partial charge >= 0.3 is 0 Å². The van der Waals surface area contributed by atoms with Gasteiger partial charge in [-0.3, -0.25) is 0 Å². The van der Waals surface area contributed by atoms with Gasteiger partial charge in [0.25, 0.3) is 0 Å². The number of rotatable bonds is 2. The van der Waals surface area contributed by atoms with Gasteiger partial charge in [0.15, 0.2) is 6.20 Å². The summed E-state index contributed by atoms with van der Waals surface area (Å²) in [6.07, 6.45) is 4.11. The summed E-state index contributed by atoms with van der Waals surface area (Å²) in [4.78, 5) is 0. The van der Waals surface area contributed by atoms with Gasteiger partial charge in [-0.15, -0.1) is 0 Å². The van der Waals surface area contributed by atoms with Gasteiger partial charge in [0.05, 0.1) is 10.9 Å². The zero-order valence-corrected chi connectivity index (χ0v) is 25.0. The van der Waals surface area contributed by atoms with E-state index in [2.05, 4.69) is 121 Å². The predicted molar refractivity (Wildman–Crippen MR) is 166 cm³/mol. The monoisotopic (exact) mass is 528 g/mol. The Balaban J connectivity index is 1.61. The molecule has 1 aliphatic rings. The van der Waals surface area contributed by atoms with Gasteiger partial charge in [-0.2, -0.15) is 0 Å². The lowest BCUT2D eigenvalue weighted by Gasteiger charge is -2.27. The molecule has 0 saturated heterocycles. The lowest BCUT2D eigenvalue weighted by molar-refractivity contribution is -0.659. The summed E-state index contributed by atoms with van der Waals surface area (Å²) in [6, 6.07) is 19.9. The molecule has 0 atom stereocenters. The van der Waals surface area contributed by atoms with E-state index < -0.39 is 0 Å². The van der Waals surface area contributed by atoms with Crippen LogP contribution in [-0.4, -0.2) is 0 Å². The van der Waals surface area contributed by atoms with Crippen molar-refractivity contribution < 1.29 is 13.7 Å². The summed E-state index contributed by atoms with van der Waals surface area (Å²) in [6.45, 7) is 16.0. The van der Waals surface area contributed by atoms with E-state index in [1.165, 1.54) is 54.7 Å². The molecular weight excluding hydrogens is 490 g/mol. The maximum atomic E-state index is 7.01. The van der Waals surface area contributed by atoms with Crippen LogP contribution in [0.25, 0.3) is 54.7 Å². The van der Waals surface area contributed by atoms with Gasteiger partial charge in [0, 0.05) is 27.8 Å². The van der Waals surface area contributed by atoms with E-state index in [9.17, 15) is 0 Å². The second-order valence-electron chi connectivity index (χ2n) is 14.2. The topological polar surface area (TPSA) is 26.2 Å². The van der Waals surface area contributed by atoms with Crippen LogP contribution in [0.1, 0.15) is 58.2 Å². The smallest absolute Gasteiger partial charge is 0.228 e. The summed E-state index contributed by atoms with van der Waals surface area (Å²) in [5.41, 5.74) is 8.31. The largest absolute Gasteiger partial charge is 0.456 e. The normalized spacial score (nSPS) is 13.4. The second-order valence-corrected chi connectivity index (χ2v) is 14.2. The molecule has 0 aliphatic carbocycles. The van der Waals surface area contributed by atoms with Crippen molar-refractivity contribution in [1.29, 1.82) is 0 Å². The third-order valence-corrected chi connectivity index (χ3v) is 8.28. The minimum Gasteiger partial charge on any atom is -0.456 e. The summed E-state index contributed by atoms with van der Waals surface area (Å²) in [5.74, 6) is 1.87. The lowest BCUT2D eigenvalue weighted by Crippen LogP contribution is -2.32. The minimum atomic E-state index is 0.0552. The van der Waals surface area contributed by atoms with Crippen LogP contribution in [0.15, 0.2) is 65.2 Å². The van der Waals surface area contributed by atoms with Crippen molar-refractivity contribution in [3.8, 4) is 22.8 Å². The number of pyridine rings is 1. The minimum absolute atomic E-state index is 0.0552. The van der Waals surface area contributed by atoms with E-state index >= 15 is 0 Å². The first-order chi connectivity index (χ1) is 18.9. The third-order valence-electron chi connectivity index (χ3n) is 8.28. The fourth-order valence-corrected chi connectivity index (χ4v) is 6.78. The number of hydrogen-bond donors (Lipinski definition) is 0. The average Bonchev–Trinajstić information content (AvgIpc) is 3.26.